The number of nitrogens with zero attached hydrogens (tertiary/aromatic N) is 4. The molecule has 6 nitrogen and oxygen atoms in total. The maximum absolute atomic E-state index is 12.2. The number of pyridine rings is 1. The van der Waals surface area contributed by atoms with Crippen LogP contribution < -0.4 is 5.32 Å². The average Bonchev–Trinajstić information content (AvgIpc) is 3.22. The molecule has 0 aliphatic heterocycles. The molecule has 9 heteroatoms. The molecule has 0 saturated heterocycles. The molecule has 0 aliphatic rings. The maximum Gasteiger partial charge on any atom is 0.234 e. The minimum Gasteiger partial charge on any atom is -0.323 e. The van der Waals surface area contributed by atoms with Gasteiger partial charge in [-0.05, 0) is 25.1 Å². The Bertz CT molecular complexity index is 937. The van der Waals surface area contributed by atoms with Gasteiger partial charge in [0.15, 0.2) is 16.1 Å². The number of hydrogen-bond acceptors (Lipinski definition) is 6. The highest BCUT2D eigenvalue weighted by atomic mass is 35.5. The van der Waals surface area contributed by atoms with Crippen LogP contribution in [0.3, 0.4) is 0 Å². The van der Waals surface area contributed by atoms with Gasteiger partial charge in [-0.25, -0.2) is 4.98 Å². The number of rotatable bonds is 7. The fourth-order valence-electron chi connectivity index (χ4n) is 2.26. The fourth-order valence-corrected chi connectivity index (χ4v) is 3.85. The van der Waals surface area contributed by atoms with E-state index in [4.69, 9.17) is 11.6 Å². The Hall–Kier alpha value is -2.16. The number of halogens is 1. The first-order valence-corrected chi connectivity index (χ1v) is 9.95. The summed E-state index contributed by atoms with van der Waals surface area (Å²) in [6.45, 7) is 6.41. The molecule has 1 N–H and O–H groups in total. The van der Waals surface area contributed by atoms with Gasteiger partial charge in [-0.2, -0.15) is 0 Å². The summed E-state index contributed by atoms with van der Waals surface area (Å²) in [5.74, 6) is 0.766. The van der Waals surface area contributed by atoms with Gasteiger partial charge in [0, 0.05) is 28.6 Å². The molecule has 1 amide bonds. The lowest BCUT2D eigenvalue weighted by molar-refractivity contribution is -0.113. The van der Waals surface area contributed by atoms with Crippen LogP contribution in [0.5, 0.6) is 0 Å². The largest absolute Gasteiger partial charge is 0.323 e. The van der Waals surface area contributed by atoms with Crippen LogP contribution in [-0.4, -0.2) is 31.4 Å². The van der Waals surface area contributed by atoms with Crippen LogP contribution in [0.25, 0.3) is 11.4 Å². The topological polar surface area (TPSA) is 72.7 Å². The molecule has 0 atom stereocenters. The number of allylic oxidation sites excluding steroid dienone is 1. The normalized spacial score (nSPS) is 10.7. The van der Waals surface area contributed by atoms with Gasteiger partial charge < -0.3 is 5.32 Å². The van der Waals surface area contributed by atoms with Gasteiger partial charge in [0.05, 0.1) is 11.4 Å². The molecule has 26 heavy (non-hydrogen) atoms. The summed E-state index contributed by atoms with van der Waals surface area (Å²) in [4.78, 5) is 17.3. The molecular formula is C17H16ClN5OS2. The second-order valence-corrected chi connectivity index (χ2v) is 7.75. The maximum atomic E-state index is 12.2. The number of aromatic nitrogens is 4. The predicted octanol–water partition coefficient (Wildman–Crippen LogP) is 4.28. The molecule has 3 heterocycles. The molecule has 0 aromatic carbocycles. The highest BCUT2D eigenvalue weighted by molar-refractivity contribution is 7.99. The van der Waals surface area contributed by atoms with Crippen LogP contribution in [0, 0.1) is 6.92 Å². The SMILES string of the molecule is C=CCn1c(SCC(=O)Nc2cccnc2Cl)nnc1-c1csc(C)c1. The summed E-state index contributed by atoms with van der Waals surface area (Å²) in [6.07, 6.45) is 3.35. The Labute approximate surface area is 164 Å². The third-order valence-electron chi connectivity index (χ3n) is 3.38. The van der Waals surface area contributed by atoms with E-state index in [0.29, 0.717) is 17.4 Å². The van der Waals surface area contributed by atoms with E-state index >= 15 is 0 Å². The second-order valence-electron chi connectivity index (χ2n) is 5.33. The van der Waals surface area contributed by atoms with Crippen molar-refractivity contribution in [1.82, 2.24) is 19.7 Å². The Kier molecular flexibility index (Phi) is 6.08. The Balaban J connectivity index is 1.71. The van der Waals surface area contributed by atoms with E-state index in [-0.39, 0.29) is 16.8 Å². The zero-order chi connectivity index (χ0) is 18.5. The van der Waals surface area contributed by atoms with Crippen LogP contribution in [-0.2, 0) is 11.3 Å². The van der Waals surface area contributed by atoms with Gasteiger partial charge in [0.25, 0.3) is 0 Å². The standard InChI is InChI=1S/C17H16ClN5OS2/c1-3-7-23-16(12-8-11(2)25-9-12)21-22-17(23)26-10-14(24)20-13-5-4-6-19-15(13)18/h3-6,8-9H,1,7,10H2,2H3,(H,20,24). The van der Waals surface area contributed by atoms with E-state index < -0.39 is 0 Å². The molecule has 0 spiro atoms. The number of anilines is 1. The number of aryl methyl sites for hydroxylation is 1. The highest BCUT2D eigenvalue weighted by Crippen LogP contribution is 2.27. The predicted molar refractivity (Wildman–Crippen MR) is 107 cm³/mol. The van der Waals surface area contributed by atoms with Crippen molar-refractivity contribution in [2.45, 2.75) is 18.6 Å². The molecule has 0 unspecified atom stereocenters. The molecule has 0 aliphatic carbocycles. The molecule has 0 saturated carbocycles. The first-order chi connectivity index (χ1) is 12.6. The van der Waals surface area contributed by atoms with E-state index in [1.165, 1.54) is 16.6 Å². The van der Waals surface area contributed by atoms with Crippen molar-refractivity contribution in [3.63, 3.8) is 0 Å². The first-order valence-electron chi connectivity index (χ1n) is 7.71. The number of carbonyl (C=O) groups is 1. The summed E-state index contributed by atoms with van der Waals surface area (Å²) < 4.78 is 1.95. The van der Waals surface area contributed by atoms with Crippen LogP contribution >= 0.6 is 34.7 Å². The first kappa shape index (κ1) is 18.6. The van der Waals surface area contributed by atoms with E-state index in [1.807, 2.05) is 16.9 Å². The van der Waals surface area contributed by atoms with Crippen molar-refractivity contribution >= 4 is 46.3 Å². The molecule has 0 fully saturated rings. The zero-order valence-corrected chi connectivity index (χ0v) is 16.4. The van der Waals surface area contributed by atoms with Crippen molar-refractivity contribution < 1.29 is 4.79 Å². The summed E-state index contributed by atoms with van der Waals surface area (Å²) in [5.41, 5.74) is 1.50. The lowest BCUT2D eigenvalue weighted by atomic mass is 10.3. The van der Waals surface area contributed by atoms with Gasteiger partial charge >= 0.3 is 0 Å². The zero-order valence-electron chi connectivity index (χ0n) is 14.0. The van der Waals surface area contributed by atoms with Crippen molar-refractivity contribution in [2.24, 2.45) is 0 Å². The van der Waals surface area contributed by atoms with Gasteiger partial charge in [0.1, 0.15) is 0 Å². The van der Waals surface area contributed by atoms with Crippen LogP contribution in [0.1, 0.15) is 4.88 Å². The van der Waals surface area contributed by atoms with Gasteiger partial charge in [-0.15, -0.1) is 28.1 Å². The number of thioether (sulfide) groups is 1. The smallest absolute Gasteiger partial charge is 0.234 e. The Morgan fingerprint density at radius 1 is 1.50 bits per heavy atom. The Morgan fingerprint density at radius 2 is 2.35 bits per heavy atom. The van der Waals surface area contributed by atoms with Crippen LogP contribution in [0.4, 0.5) is 5.69 Å². The van der Waals surface area contributed by atoms with Crippen molar-refractivity contribution in [3.8, 4) is 11.4 Å². The number of carbonyl (C=O) groups excluding carboxylic acids is 1. The molecule has 3 aromatic heterocycles. The molecule has 134 valence electrons. The summed E-state index contributed by atoms with van der Waals surface area (Å²) in [7, 11) is 0. The van der Waals surface area contributed by atoms with E-state index in [1.54, 1.807) is 35.7 Å². The van der Waals surface area contributed by atoms with Crippen molar-refractivity contribution in [2.75, 3.05) is 11.1 Å². The molecule has 3 aromatic rings. The number of hydrogen-bond donors (Lipinski definition) is 1. The number of nitrogens with one attached hydrogen (secondary N) is 1. The third kappa shape index (κ3) is 4.32. The van der Waals surface area contributed by atoms with Crippen LogP contribution in [0.15, 0.2) is 47.6 Å². The monoisotopic (exact) mass is 405 g/mol. The van der Waals surface area contributed by atoms with Gasteiger partial charge in [-0.3, -0.25) is 9.36 Å². The van der Waals surface area contributed by atoms with Crippen molar-refractivity contribution in [1.29, 1.82) is 0 Å². The summed E-state index contributed by atoms with van der Waals surface area (Å²) in [5, 5.41) is 14.2. The molecule has 3 rings (SSSR count). The van der Waals surface area contributed by atoms with Crippen molar-refractivity contribution in [3.05, 3.63) is 52.5 Å². The lowest BCUT2D eigenvalue weighted by Crippen LogP contribution is -2.15. The van der Waals surface area contributed by atoms with E-state index in [9.17, 15) is 4.79 Å². The molecule has 0 bridgehead atoms. The fraction of sp³-hybridized carbons (Fsp3) is 0.176. The highest BCUT2D eigenvalue weighted by Gasteiger charge is 2.16. The van der Waals surface area contributed by atoms with E-state index in [2.05, 4.69) is 33.1 Å². The quantitative estimate of drug-likeness (QED) is 0.361. The average molecular weight is 406 g/mol. The van der Waals surface area contributed by atoms with Gasteiger partial charge in [0.2, 0.25) is 5.91 Å². The third-order valence-corrected chi connectivity index (χ3v) is 5.51. The summed E-state index contributed by atoms with van der Waals surface area (Å²) in [6, 6.07) is 5.49. The molecular weight excluding hydrogens is 390 g/mol. The summed E-state index contributed by atoms with van der Waals surface area (Å²) >= 11 is 8.93. The number of amides is 1. The Morgan fingerprint density at radius 3 is 3.04 bits per heavy atom. The minimum absolute atomic E-state index is 0.184. The van der Waals surface area contributed by atoms with Crippen LogP contribution in [0.2, 0.25) is 5.15 Å². The lowest BCUT2D eigenvalue weighted by Gasteiger charge is -2.08. The van der Waals surface area contributed by atoms with Gasteiger partial charge in [-0.1, -0.05) is 29.4 Å². The van der Waals surface area contributed by atoms with E-state index in [0.717, 1.165) is 11.4 Å². The second kappa shape index (κ2) is 8.48. The number of thiophene rings is 1. The molecule has 0 radical (unpaired) electrons. The minimum atomic E-state index is -0.189.